The molecule has 0 aliphatic heterocycles. The predicted octanol–water partition coefficient (Wildman–Crippen LogP) is 3.61. The van der Waals surface area contributed by atoms with Gasteiger partial charge in [0.25, 0.3) is 0 Å². The van der Waals surface area contributed by atoms with Gasteiger partial charge in [-0.25, -0.2) is 9.97 Å². The molecule has 2 heterocycles. The van der Waals surface area contributed by atoms with Crippen molar-refractivity contribution in [2.45, 2.75) is 40.2 Å². The second kappa shape index (κ2) is 5.91. The summed E-state index contributed by atoms with van der Waals surface area (Å²) in [4.78, 5) is 10.6. The maximum absolute atomic E-state index is 4.67. The molecule has 0 radical (unpaired) electrons. The van der Waals surface area contributed by atoms with Crippen molar-refractivity contribution < 1.29 is 0 Å². The van der Waals surface area contributed by atoms with E-state index in [1.807, 2.05) is 6.92 Å². The monoisotopic (exact) mass is 281 g/mol. The number of nitrogens with zero attached hydrogens (tertiary/aromatic N) is 2. The van der Waals surface area contributed by atoms with Gasteiger partial charge in [0.15, 0.2) is 0 Å². The van der Waals surface area contributed by atoms with Gasteiger partial charge in [0.2, 0.25) is 0 Å². The number of rotatable bonds is 5. The molecule has 0 bridgehead atoms. The quantitative estimate of drug-likeness (QED) is 0.909. The third-order valence-electron chi connectivity index (χ3n) is 2.82. The van der Waals surface area contributed by atoms with Gasteiger partial charge in [-0.2, -0.15) is 0 Å². The zero-order chi connectivity index (χ0) is 13.1. The van der Waals surface area contributed by atoms with Crippen LogP contribution in [0.3, 0.4) is 0 Å². The lowest BCUT2D eigenvalue weighted by molar-refractivity contribution is 0.585. The lowest BCUT2D eigenvalue weighted by atomic mass is 10.2. The summed E-state index contributed by atoms with van der Waals surface area (Å²) in [5.74, 6) is 0. The van der Waals surface area contributed by atoms with Crippen LogP contribution in [0, 0.1) is 20.8 Å². The highest BCUT2D eigenvalue weighted by molar-refractivity contribution is 7.11. The van der Waals surface area contributed by atoms with Crippen molar-refractivity contribution in [1.29, 1.82) is 0 Å². The van der Waals surface area contributed by atoms with E-state index in [0.717, 1.165) is 34.4 Å². The molecule has 18 heavy (non-hydrogen) atoms. The molecule has 1 unspecified atom stereocenters. The molecule has 2 aromatic heterocycles. The van der Waals surface area contributed by atoms with Gasteiger partial charge in [0, 0.05) is 10.3 Å². The Labute approximate surface area is 116 Å². The first-order valence-corrected chi connectivity index (χ1v) is 7.90. The summed E-state index contributed by atoms with van der Waals surface area (Å²) in [6.07, 6.45) is 1.11. The summed E-state index contributed by atoms with van der Waals surface area (Å²) in [7, 11) is 0. The van der Waals surface area contributed by atoms with Crippen molar-refractivity contribution in [2.75, 3.05) is 6.54 Å². The van der Waals surface area contributed by atoms with Crippen molar-refractivity contribution in [2.24, 2.45) is 0 Å². The molecule has 0 aliphatic carbocycles. The number of aryl methyl sites for hydroxylation is 3. The summed E-state index contributed by atoms with van der Waals surface area (Å²) < 4.78 is 0. The number of nitrogens with one attached hydrogen (secondary N) is 1. The highest BCUT2D eigenvalue weighted by Gasteiger charge is 2.20. The molecule has 0 fully saturated rings. The highest BCUT2D eigenvalue weighted by atomic mass is 32.1. The minimum Gasteiger partial charge on any atom is -0.303 e. The van der Waals surface area contributed by atoms with Crippen LogP contribution in [0.25, 0.3) is 0 Å². The number of hydrogen-bond acceptors (Lipinski definition) is 5. The fourth-order valence-electron chi connectivity index (χ4n) is 1.74. The zero-order valence-electron chi connectivity index (χ0n) is 11.3. The van der Waals surface area contributed by atoms with Crippen LogP contribution >= 0.6 is 22.7 Å². The van der Waals surface area contributed by atoms with Crippen molar-refractivity contribution in [1.82, 2.24) is 15.3 Å². The molecular weight excluding hydrogens is 262 g/mol. The Morgan fingerprint density at radius 3 is 2.56 bits per heavy atom. The van der Waals surface area contributed by atoms with Crippen molar-refractivity contribution in [3.05, 3.63) is 31.7 Å². The third kappa shape index (κ3) is 2.96. The second-order valence-corrected chi connectivity index (χ2v) is 6.67. The minimum absolute atomic E-state index is 0.146. The van der Waals surface area contributed by atoms with Crippen molar-refractivity contribution in [3.8, 4) is 0 Å². The van der Waals surface area contributed by atoms with Gasteiger partial charge in [-0.05, 0) is 33.7 Å². The molecule has 5 heteroatoms. The molecular formula is C13H19N3S2. The molecule has 0 aliphatic rings. The highest BCUT2D eigenvalue weighted by Crippen LogP contribution is 2.28. The first-order chi connectivity index (χ1) is 8.61. The number of aromatic nitrogens is 2. The molecule has 0 saturated heterocycles. The Balaban J connectivity index is 2.30. The van der Waals surface area contributed by atoms with E-state index < -0.39 is 0 Å². The molecule has 1 N–H and O–H groups in total. The van der Waals surface area contributed by atoms with Crippen LogP contribution in [0.4, 0.5) is 0 Å². The smallest absolute Gasteiger partial charge is 0.116 e. The van der Waals surface area contributed by atoms with E-state index in [1.54, 1.807) is 22.7 Å². The molecule has 0 spiro atoms. The van der Waals surface area contributed by atoms with Crippen molar-refractivity contribution >= 4 is 22.7 Å². The van der Waals surface area contributed by atoms with E-state index in [9.17, 15) is 0 Å². The van der Waals surface area contributed by atoms with E-state index >= 15 is 0 Å². The molecule has 98 valence electrons. The minimum atomic E-state index is 0.146. The average Bonchev–Trinajstić information content (AvgIpc) is 2.88. The summed E-state index contributed by atoms with van der Waals surface area (Å²) in [6, 6.07) is 0.146. The predicted molar refractivity (Wildman–Crippen MR) is 78.6 cm³/mol. The summed E-state index contributed by atoms with van der Waals surface area (Å²) >= 11 is 3.47. The van der Waals surface area contributed by atoms with Crippen LogP contribution in [-0.2, 0) is 0 Å². The van der Waals surface area contributed by atoms with Gasteiger partial charge in [0.05, 0.1) is 16.4 Å². The molecule has 3 nitrogen and oxygen atoms in total. The maximum Gasteiger partial charge on any atom is 0.116 e. The fourth-order valence-corrected chi connectivity index (χ4v) is 3.39. The SMILES string of the molecule is CCCNC(c1csc(C)n1)c1nc(C)c(C)s1. The van der Waals surface area contributed by atoms with Crippen LogP contribution in [0.1, 0.15) is 45.7 Å². The molecule has 0 amide bonds. The van der Waals surface area contributed by atoms with E-state index in [1.165, 1.54) is 4.88 Å². The molecule has 0 aromatic carbocycles. The van der Waals surface area contributed by atoms with Gasteiger partial charge in [-0.15, -0.1) is 22.7 Å². The first kappa shape index (κ1) is 13.6. The second-order valence-electron chi connectivity index (χ2n) is 4.37. The van der Waals surface area contributed by atoms with Crippen LogP contribution in [0.15, 0.2) is 5.38 Å². The molecule has 0 saturated carbocycles. The molecule has 2 aromatic rings. The van der Waals surface area contributed by atoms with Gasteiger partial charge < -0.3 is 5.32 Å². The van der Waals surface area contributed by atoms with Crippen LogP contribution in [0.2, 0.25) is 0 Å². The van der Waals surface area contributed by atoms with Crippen molar-refractivity contribution in [3.63, 3.8) is 0 Å². The zero-order valence-corrected chi connectivity index (χ0v) is 12.9. The molecule has 2 rings (SSSR count). The molecule has 1 atom stereocenters. The Morgan fingerprint density at radius 1 is 1.28 bits per heavy atom. The Kier molecular flexibility index (Phi) is 4.48. The van der Waals surface area contributed by atoms with Crippen LogP contribution in [0.5, 0.6) is 0 Å². The van der Waals surface area contributed by atoms with E-state index in [4.69, 9.17) is 0 Å². The summed E-state index contributed by atoms with van der Waals surface area (Å²) in [5.41, 5.74) is 2.23. The normalized spacial score (nSPS) is 12.9. The lowest BCUT2D eigenvalue weighted by Crippen LogP contribution is -2.23. The first-order valence-electron chi connectivity index (χ1n) is 6.21. The number of thiazole rings is 2. The Morgan fingerprint density at radius 2 is 2.06 bits per heavy atom. The standard InChI is InChI=1S/C13H19N3S2/c1-5-6-14-12(11-7-17-10(4)16-11)13-15-8(2)9(3)18-13/h7,12,14H,5-6H2,1-4H3. The van der Waals surface area contributed by atoms with E-state index in [0.29, 0.717) is 0 Å². The van der Waals surface area contributed by atoms with E-state index in [-0.39, 0.29) is 6.04 Å². The van der Waals surface area contributed by atoms with Gasteiger partial charge in [-0.1, -0.05) is 6.92 Å². The van der Waals surface area contributed by atoms with Crippen LogP contribution in [-0.4, -0.2) is 16.5 Å². The van der Waals surface area contributed by atoms with Gasteiger partial charge in [-0.3, -0.25) is 0 Å². The van der Waals surface area contributed by atoms with Crippen LogP contribution < -0.4 is 5.32 Å². The Bertz CT molecular complexity index is 497. The topological polar surface area (TPSA) is 37.8 Å². The maximum atomic E-state index is 4.67. The van der Waals surface area contributed by atoms with Gasteiger partial charge >= 0.3 is 0 Å². The van der Waals surface area contributed by atoms with Gasteiger partial charge in [0.1, 0.15) is 11.0 Å². The average molecular weight is 281 g/mol. The number of hydrogen-bond donors (Lipinski definition) is 1. The summed E-state index contributed by atoms with van der Waals surface area (Å²) in [6.45, 7) is 9.40. The largest absolute Gasteiger partial charge is 0.303 e. The Hall–Kier alpha value is -0.780. The summed E-state index contributed by atoms with van der Waals surface area (Å²) in [5, 5.41) is 7.92. The van der Waals surface area contributed by atoms with E-state index in [2.05, 4.69) is 41.4 Å². The lowest BCUT2D eigenvalue weighted by Gasteiger charge is -2.13. The third-order valence-corrected chi connectivity index (χ3v) is 4.75. The fraction of sp³-hybridized carbons (Fsp3) is 0.538.